The molecule has 0 spiro atoms. The molecular weight excluding hydrogens is 410 g/mol. The molecule has 1 aromatic heterocycles. The molecule has 32 heavy (non-hydrogen) atoms. The minimum absolute atomic E-state index is 0.868. The van der Waals surface area contributed by atoms with E-state index in [0.29, 0.717) is 0 Å². The highest BCUT2D eigenvalue weighted by Crippen LogP contribution is 2.38. The van der Waals surface area contributed by atoms with Crippen LogP contribution in [0.1, 0.15) is 0 Å². The summed E-state index contributed by atoms with van der Waals surface area (Å²) >= 11 is 1.37. The second-order valence-electron chi connectivity index (χ2n) is 7.86. The van der Waals surface area contributed by atoms with Crippen LogP contribution >= 0.6 is 12.0 Å². The van der Waals surface area contributed by atoms with Crippen molar-refractivity contribution in [1.29, 1.82) is 0 Å². The molecular formula is C29H21NOS. The molecule has 0 bridgehead atoms. The fourth-order valence-electron chi connectivity index (χ4n) is 4.62. The van der Waals surface area contributed by atoms with Crippen LogP contribution in [0.5, 0.6) is 5.75 Å². The SMILES string of the molecule is CSOc1ccc2c(c1)c1cc(-c3ccccc3)ccc1n2-c1cccc2ccccc12. The van der Waals surface area contributed by atoms with Gasteiger partial charge in [0.2, 0.25) is 0 Å². The van der Waals surface area contributed by atoms with Crippen LogP contribution in [0.3, 0.4) is 0 Å². The van der Waals surface area contributed by atoms with E-state index < -0.39 is 0 Å². The van der Waals surface area contributed by atoms with Gasteiger partial charge in [0.25, 0.3) is 0 Å². The van der Waals surface area contributed by atoms with Crippen LogP contribution in [0, 0.1) is 0 Å². The van der Waals surface area contributed by atoms with Crippen molar-refractivity contribution in [2.45, 2.75) is 0 Å². The average Bonchev–Trinajstić information content (AvgIpc) is 3.17. The van der Waals surface area contributed by atoms with Gasteiger partial charge < -0.3 is 8.75 Å². The van der Waals surface area contributed by atoms with Gasteiger partial charge in [-0.25, -0.2) is 0 Å². The first kappa shape index (κ1) is 19.0. The van der Waals surface area contributed by atoms with Crippen LogP contribution < -0.4 is 4.18 Å². The van der Waals surface area contributed by atoms with Gasteiger partial charge in [-0.05, 0) is 52.9 Å². The summed E-state index contributed by atoms with van der Waals surface area (Å²) in [5, 5.41) is 4.90. The minimum Gasteiger partial charge on any atom is -0.426 e. The van der Waals surface area contributed by atoms with E-state index in [1.807, 2.05) is 6.26 Å². The summed E-state index contributed by atoms with van der Waals surface area (Å²) < 4.78 is 8.15. The topological polar surface area (TPSA) is 14.2 Å². The van der Waals surface area contributed by atoms with Crippen LogP contribution in [0.4, 0.5) is 0 Å². The van der Waals surface area contributed by atoms with Gasteiger partial charge in [0.05, 0.1) is 28.8 Å². The molecule has 0 atom stereocenters. The molecule has 0 amide bonds. The van der Waals surface area contributed by atoms with Crippen molar-refractivity contribution in [2.75, 3.05) is 6.26 Å². The molecule has 1 heterocycles. The highest BCUT2D eigenvalue weighted by atomic mass is 32.2. The van der Waals surface area contributed by atoms with Crippen molar-refractivity contribution in [3.8, 4) is 22.6 Å². The van der Waals surface area contributed by atoms with Crippen molar-refractivity contribution in [3.63, 3.8) is 0 Å². The maximum Gasteiger partial charge on any atom is 0.138 e. The molecule has 0 aliphatic rings. The number of aromatic nitrogens is 1. The van der Waals surface area contributed by atoms with E-state index >= 15 is 0 Å². The van der Waals surface area contributed by atoms with Gasteiger partial charge >= 0.3 is 0 Å². The van der Waals surface area contributed by atoms with E-state index in [9.17, 15) is 0 Å². The molecule has 0 radical (unpaired) electrons. The Morgan fingerprint density at radius 1 is 0.594 bits per heavy atom. The van der Waals surface area contributed by atoms with Crippen molar-refractivity contribution < 1.29 is 4.18 Å². The van der Waals surface area contributed by atoms with Gasteiger partial charge in [-0.3, -0.25) is 0 Å². The lowest BCUT2D eigenvalue weighted by Crippen LogP contribution is -1.95. The predicted octanol–water partition coefficient (Wildman–Crippen LogP) is 8.26. The molecule has 0 aliphatic heterocycles. The predicted molar refractivity (Wildman–Crippen MR) is 138 cm³/mol. The lowest BCUT2D eigenvalue weighted by Gasteiger charge is -2.12. The number of hydrogen-bond donors (Lipinski definition) is 0. The third-order valence-electron chi connectivity index (χ3n) is 6.03. The molecule has 0 saturated carbocycles. The summed E-state index contributed by atoms with van der Waals surface area (Å²) in [6.07, 6.45) is 1.94. The molecule has 0 fully saturated rings. The summed E-state index contributed by atoms with van der Waals surface area (Å²) in [7, 11) is 0. The molecule has 5 aromatic carbocycles. The smallest absolute Gasteiger partial charge is 0.138 e. The van der Waals surface area contributed by atoms with Crippen LogP contribution in [-0.2, 0) is 0 Å². The van der Waals surface area contributed by atoms with E-state index in [-0.39, 0.29) is 0 Å². The van der Waals surface area contributed by atoms with Gasteiger partial charge in [0.15, 0.2) is 0 Å². The Morgan fingerprint density at radius 2 is 1.31 bits per heavy atom. The third-order valence-corrected chi connectivity index (χ3v) is 6.39. The zero-order chi connectivity index (χ0) is 21.5. The second kappa shape index (κ2) is 7.77. The summed E-state index contributed by atoms with van der Waals surface area (Å²) in [6.45, 7) is 0. The van der Waals surface area contributed by atoms with E-state index in [0.717, 1.165) is 5.75 Å². The standard InChI is InChI=1S/C29H21NOS/c1-32-31-23-15-17-29-26(19-23)25-18-22(20-8-3-2-4-9-20)14-16-28(25)30(29)27-13-7-11-21-10-5-6-12-24(21)27/h2-19H,1H3. The van der Waals surface area contributed by atoms with Gasteiger partial charge in [-0.2, -0.15) is 0 Å². The molecule has 154 valence electrons. The van der Waals surface area contributed by atoms with Crippen LogP contribution in [0.2, 0.25) is 0 Å². The van der Waals surface area contributed by atoms with E-state index in [4.69, 9.17) is 4.18 Å². The quantitative estimate of drug-likeness (QED) is 0.261. The molecule has 3 heteroatoms. The molecule has 0 saturated heterocycles. The minimum atomic E-state index is 0.868. The highest BCUT2D eigenvalue weighted by molar-refractivity contribution is 7.94. The molecule has 0 unspecified atom stereocenters. The second-order valence-corrected chi connectivity index (χ2v) is 8.36. The summed E-state index contributed by atoms with van der Waals surface area (Å²) in [5.74, 6) is 0.868. The van der Waals surface area contributed by atoms with Gasteiger partial charge in [-0.15, -0.1) is 0 Å². The Bertz CT molecular complexity index is 1580. The van der Waals surface area contributed by atoms with Crippen LogP contribution in [0.15, 0.2) is 109 Å². The van der Waals surface area contributed by atoms with Crippen LogP contribution in [-0.4, -0.2) is 10.8 Å². The van der Waals surface area contributed by atoms with Crippen molar-refractivity contribution >= 4 is 44.6 Å². The van der Waals surface area contributed by atoms with E-state index in [2.05, 4.69) is 114 Å². The van der Waals surface area contributed by atoms with Gasteiger partial charge in [0.1, 0.15) is 5.75 Å². The fraction of sp³-hybridized carbons (Fsp3) is 0.0345. The number of fused-ring (bicyclic) bond motifs is 4. The molecule has 6 aromatic rings. The van der Waals surface area contributed by atoms with Crippen LogP contribution in [0.25, 0.3) is 49.4 Å². The first-order valence-corrected chi connectivity index (χ1v) is 11.8. The molecule has 0 aliphatic carbocycles. The zero-order valence-electron chi connectivity index (χ0n) is 17.7. The van der Waals surface area contributed by atoms with E-state index in [1.165, 1.54) is 61.4 Å². The third kappa shape index (κ3) is 3.05. The number of hydrogen-bond acceptors (Lipinski definition) is 2. The van der Waals surface area contributed by atoms with Crippen molar-refractivity contribution in [2.24, 2.45) is 0 Å². The Balaban J connectivity index is 1.71. The highest BCUT2D eigenvalue weighted by Gasteiger charge is 2.16. The number of nitrogens with zero attached hydrogens (tertiary/aromatic N) is 1. The monoisotopic (exact) mass is 431 g/mol. The summed E-state index contributed by atoms with van der Waals surface area (Å²) in [5.41, 5.74) is 5.99. The number of rotatable bonds is 4. The Morgan fingerprint density at radius 3 is 2.16 bits per heavy atom. The van der Waals surface area contributed by atoms with Crippen molar-refractivity contribution in [3.05, 3.63) is 109 Å². The summed E-state index contributed by atoms with van der Waals surface area (Å²) in [4.78, 5) is 0. The fourth-order valence-corrected chi connectivity index (χ4v) is 4.92. The largest absolute Gasteiger partial charge is 0.426 e. The molecule has 6 rings (SSSR count). The summed E-state index contributed by atoms with van der Waals surface area (Å²) in [6, 6.07) is 38.8. The lowest BCUT2D eigenvalue weighted by atomic mass is 10.0. The Hall–Kier alpha value is -3.69. The number of benzene rings is 5. The normalized spacial score (nSPS) is 11.4. The maximum atomic E-state index is 5.77. The van der Waals surface area contributed by atoms with Gasteiger partial charge in [0, 0.05) is 22.4 Å². The van der Waals surface area contributed by atoms with Crippen molar-refractivity contribution in [1.82, 2.24) is 4.57 Å². The zero-order valence-corrected chi connectivity index (χ0v) is 18.5. The van der Waals surface area contributed by atoms with E-state index in [1.54, 1.807) is 0 Å². The molecule has 0 N–H and O–H groups in total. The lowest BCUT2D eigenvalue weighted by molar-refractivity contribution is 0.651. The molecule has 2 nitrogen and oxygen atoms in total. The Kier molecular flexibility index (Phi) is 4.62. The Labute approximate surface area is 191 Å². The maximum absolute atomic E-state index is 5.77. The van der Waals surface area contributed by atoms with Gasteiger partial charge in [-0.1, -0.05) is 72.8 Å². The first-order valence-electron chi connectivity index (χ1n) is 10.7. The average molecular weight is 432 g/mol. The first-order chi connectivity index (χ1) is 15.8.